The summed E-state index contributed by atoms with van der Waals surface area (Å²) in [4.78, 5) is 22.1. The molecule has 0 heterocycles. The van der Waals surface area contributed by atoms with Gasteiger partial charge in [-0.15, -0.1) is 12.3 Å². The Morgan fingerprint density at radius 2 is 2.00 bits per heavy atom. The monoisotopic (exact) mass is 288 g/mol. The number of carbonyl (C=O) groups excluding carboxylic acids is 1. The number of carbonyl (C=O) groups is 2. The smallest absolute Gasteiger partial charge is 0.315 e. The van der Waals surface area contributed by atoms with Crippen LogP contribution in [-0.4, -0.2) is 29.7 Å². The van der Waals surface area contributed by atoms with E-state index in [1.54, 1.807) is 0 Å². The Labute approximate surface area is 124 Å². The average molecular weight is 288 g/mol. The van der Waals surface area contributed by atoms with Crippen LogP contribution < -0.4 is 10.6 Å². The van der Waals surface area contributed by atoms with Gasteiger partial charge in [0.2, 0.25) is 0 Å². The second-order valence-electron chi connectivity index (χ2n) is 4.69. The molecule has 0 aromatic heterocycles. The van der Waals surface area contributed by atoms with Gasteiger partial charge in [-0.1, -0.05) is 30.3 Å². The third-order valence-corrected chi connectivity index (χ3v) is 2.88. The van der Waals surface area contributed by atoms with E-state index in [-0.39, 0.29) is 18.5 Å². The first kappa shape index (κ1) is 16.6. The maximum atomic E-state index is 11.7. The summed E-state index contributed by atoms with van der Waals surface area (Å²) in [6.45, 7) is 0.326. The zero-order valence-corrected chi connectivity index (χ0v) is 11.8. The molecule has 0 aliphatic carbocycles. The topological polar surface area (TPSA) is 78.4 Å². The molecule has 1 aromatic carbocycles. The maximum absolute atomic E-state index is 11.7. The van der Waals surface area contributed by atoms with Gasteiger partial charge < -0.3 is 15.7 Å². The second kappa shape index (κ2) is 9.43. The number of nitrogens with one attached hydrogen (secondary N) is 2. The summed E-state index contributed by atoms with van der Waals surface area (Å²) >= 11 is 0. The highest BCUT2D eigenvalue weighted by Gasteiger charge is 2.11. The van der Waals surface area contributed by atoms with Crippen molar-refractivity contribution in [3.05, 3.63) is 35.9 Å². The number of urea groups is 1. The van der Waals surface area contributed by atoms with Crippen LogP contribution in [0, 0.1) is 12.3 Å². The van der Waals surface area contributed by atoms with Crippen molar-refractivity contribution in [2.75, 3.05) is 6.54 Å². The Morgan fingerprint density at radius 1 is 1.29 bits per heavy atom. The summed E-state index contributed by atoms with van der Waals surface area (Å²) in [6, 6.07) is 9.31. The van der Waals surface area contributed by atoms with Crippen molar-refractivity contribution < 1.29 is 14.7 Å². The van der Waals surface area contributed by atoms with Gasteiger partial charge in [0.15, 0.2) is 0 Å². The number of carboxylic acid groups (broad SMARTS) is 1. The number of rotatable bonds is 8. The minimum absolute atomic E-state index is 0.0398. The number of benzene rings is 1. The molecule has 1 unspecified atom stereocenters. The quantitative estimate of drug-likeness (QED) is 0.504. The fraction of sp³-hybridized carbons (Fsp3) is 0.375. The molecular weight excluding hydrogens is 268 g/mol. The number of amides is 2. The maximum Gasteiger partial charge on any atom is 0.315 e. The van der Waals surface area contributed by atoms with Crippen LogP contribution in [0.15, 0.2) is 30.3 Å². The predicted octanol–water partition coefficient (Wildman–Crippen LogP) is 1.78. The molecule has 112 valence electrons. The van der Waals surface area contributed by atoms with Crippen molar-refractivity contribution >= 4 is 12.0 Å². The minimum atomic E-state index is -0.869. The van der Waals surface area contributed by atoms with Gasteiger partial charge in [-0.2, -0.15) is 0 Å². The lowest BCUT2D eigenvalue weighted by atomic mass is 10.0. The van der Waals surface area contributed by atoms with Crippen molar-refractivity contribution in [3.8, 4) is 12.3 Å². The van der Waals surface area contributed by atoms with Crippen molar-refractivity contribution in [1.29, 1.82) is 0 Å². The predicted molar refractivity (Wildman–Crippen MR) is 80.8 cm³/mol. The van der Waals surface area contributed by atoms with E-state index in [4.69, 9.17) is 11.5 Å². The van der Waals surface area contributed by atoms with Gasteiger partial charge in [-0.05, 0) is 18.4 Å². The number of aliphatic carboxylic acids is 1. The summed E-state index contributed by atoms with van der Waals surface area (Å²) in [5.41, 5.74) is 1.10. The van der Waals surface area contributed by atoms with Gasteiger partial charge >= 0.3 is 12.0 Å². The lowest BCUT2D eigenvalue weighted by molar-refractivity contribution is -0.137. The van der Waals surface area contributed by atoms with Gasteiger partial charge in [0.25, 0.3) is 0 Å². The Hall–Kier alpha value is -2.48. The number of carboxylic acids is 1. The molecule has 5 nitrogen and oxygen atoms in total. The van der Waals surface area contributed by atoms with E-state index in [2.05, 4.69) is 16.6 Å². The zero-order valence-electron chi connectivity index (χ0n) is 11.8. The van der Waals surface area contributed by atoms with E-state index in [1.165, 1.54) is 0 Å². The normalized spacial score (nSPS) is 11.2. The van der Waals surface area contributed by atoms with E-state index in [1.807, 2.05) is 30.3 Å². The van der Waals surface area contributed by atoms with E-state index in [9.17, 15) is 9.59 Å². The second-order valence-corrected chi connectivity index (χ2v) is 4.69. The SMILES string of the molecule is C#CCC(Cc1ccccc1)NC(=O)NCCCC(=O)O. The van der Waals surface area contributed by atoms with Crippen LogP contribution in [0.1, 0.15) is 24.8 Å². The molecule has 3 N–H and O–H groups in total. The average Bonchev–Trinajstić information content (AvgIpc) is 2.45. The molecule has 0 radical (unpaired) electrons. The van der Waals surface area contributed by atoms with E-state index >= 15 is 0 Å². The summed E-state index contributed by atoms with van der Waals surface area (Å²) in [5, 5.41) is 14.0. The highest BCUT2D eigenvalue weighted by Crippen LogP contribution is 2.05. The Kier molecular flexibility index (Phi) is 7.44. The van der Waals surface area contributed by atoms with Crippen LogP contribution in [0.4, 0.5) is 4.79 Å². The molecule has 0 spiro atoms. The first-order valence-electron chi connectivity index (χ1n) is 6.85. The highest BCUT2D eigenvalue weighted by atomic mass is 16.4. The lowest BCUT2D eigenvalue weighted by Crippen LogP contribution is -2.43. The Bertz CT molecular complexity index is 494. The first-order valence-corrected chi connectivity index (χ1v) is 6.85. The van der Waals surface area contributed by atoms with Gasteiger partial charge in [0.05, 0.1) is 0 Å². The molecule has 2 amide bonds. The molecular formula is C16H20N2O3. The molecule has 1 rings (SSSR count). The number of terminal acetylenes is 1. The molecule has 21 heavy (non-hydrogen) atoms. The van der Waals surface area contributed by atoms with Crippen molar-refractivity contribution in [2.45, 2.75) is 31.7 Å². The van der Waals surface area contributed by atoms with Crippen LogP contribution in [-0.2, 0) is 11.2 Å². The summed E-state index contributed by atoms with van der Waals surface area (Å²) in [7, 11) is 0. The standard InChI is InChI=1S/C16H20N2O3/c1-2-7-14(12-13-8-4-3-5-9-13)18-16(21)17-11-6-10-15(19)20/h1,3-5,8-9,14H,6-7,10-12H2,(H,19,20)(H2,17,18,21). The molecule has 0 saturated heterocycles. The molecule has 1 atom stereocenters. The van der Waals surface area contributed by atoms with Crippen molar-refractivity contribution in [3.63, 3.8) is 0 Å². The van der Waals surface area contributed by atoms with E-state index in [0.717, 1.165) is 5.56 Å². The van der Waals surface area contributed by atoms with Gasteiger partial charge in [0.1, 0.15) is 0 Å². The zero-order chi connectivity index (χ0) is 15.5. The highest BCUT2D eigenvalue weighted by molar-refractivity contribution is 5.74. The van der Waals surface area contributed by atoms with Crippen LogP contribution in [0.25, 0.3) is 0 Å². The molecule has 0 aliphatic heterocycles. The molecule has 0 aliphatic rings. The summed E-state index contributed by atoms with van der Waals surface area (Å²) in [6.07, 6.45) is 6.87. The van der Waals surface area contributed by atoms with E-state index in [0.29, 0.717) is 25.8 Å². The minimum Gasteiger partial charge on any atom is -0.481 e. The largest absolute Gasteiger partial charge is 0.481 e. The Morgan fingerprint density at radius 3 is 2.62 bits per heavy atom. The molecule has 0 saturated carbocycles. The molecule has 0 bridgehead atoms. The van der Waals surface area contributed by atoms with E-state index < -0.39 is 5.97 Å². The van der Waals surface area contributed by atoms with Gasteiger partial charge in [-0.25, -0.2) is 4.79 Å². The molecule has 1 aromatic rings. The van der Waals surface area contributed by atoms with Gasteiger partial charge in [0, 0.05) is 25.4 Å². The fourth-order valence-electron chi connectivity index (χ4n) is 1.89. The third kappa shape index (κ3) is 7.63. The van der Waals surface area contributed by atoms with Crippen molar-refractivity contribution in [1.82, 2.24) is 10.6 Å². The first-order chi connectivity index (χ1) is 10.1. The summed E-state index contributed by atoms with van der Waals surface area (Å²) in [5.74, 6) is 1.69. The molecule has 0 fully saturated rings. The van der Waals surface area contributed by atoms with Crippen molar-refractivity contribution in [2.24, 2.45) is 0 Å². The molecule has 5 heteroatoms. The van der Waals surface area contributed by atoms with Gasteiger partial charge in [-0.3, -0.25) is 4.79 Å². The van der Waals surface area contributed by atoms with Crippen LogP contribution in [0.3, 0.4) is 0 Å². The van der Waals surface area contributed by atoms with Crippen LogP contribution in [0.5, 0.6) is 0 Å². The fourth-order valence-corrected chi connectivity index (χ4v) is 1.89. The number of hydrogen-bond donors (Lipinski definition) is 3. The van der Waals surface area contributed by atoms with Crippen LogP contribution >= 0.6 is 0 Å². The Balaban J connectivity index is 2.38. The summed E-state index contributed by atoms with van der Waals surface area (Å²) < 4.78 is 0. The lowest BCUT2D eigenvalue weighted by Gasteiger charge is -2.17. The van der Waals surface area contributed by atoms with Crippen LogP contribution in [0.2, 0.25) is 0 Å². The number of hydrogen-bond acceptors (Lipinski definition) is 2. The third-order valence-electron chi connectivity index (χ3n) is 2.88.